The summed E-state index contributed by atoms with van der Waals surface area (Å²) < 4.78 is 0. The molecule has 4 heteroatoms. The van der Waals surface area contributed by atoms with Crippen molar-refractivity contribution in [2.75, 3.05) is 5.32 Å². The quantitative estimate of drug-likeness (QED) is 0.744. The van der Waals surface area contributed by atoms with Crippen LogP contribution in [-0.2, 0) is 0 Å². The normalized spacial score (nSPS) is 10.8. The molecule has 2 aromatic heterocycles. The zero-order valence-electron chi connectivity index (χ0n) is 11.3. The number of pyridine rings is 2. The summed E-state index contributed by atoms with van der Waals surface area (Å²) in [5.74, 6) is 0. The minimum Gasteiger partial charge on any atom is -0.354 e. The van der Waals surface area contributed by atoms with E-state index in [1.165, 1.54) is 0 Å². The molecule has 2 heterocycles. The van der Waals surface area contributed by atoms with Gasteiger partial charge < -0.3 is 5.32 Å². The lowest BCUT2D eigenvalue weighted by molar-refractivity contribution is 1.16. The van der Waals surface area contributed by atoms with Gasteiger partial charge in [0.1, 0.15) is 0 Å². The zero-order valence-corrected chi connectivity index (χ0v) is 12.1. The van der Waals surface area contributed by atoms with E-state index in [0.29, 0.717) is 5.02 Å². The maximum atomic E-state index is 6.20. The lowest BCUT2D eigenvalue weighted by Gasteiger charge is -2.11. The van der Waals surface area contributed by atoms with Crippen molar-refractivity contribution in [2.24, 2.45) is 0 Å². The van der Waals surface area contributed by atoms with Crippen LogP contribution in [0.1, 0.15) is 11.4 Å². The molecule has 0 saturated heterocycles. The highest BCUT2D eigenvalue weighted by Gasteiger charge is 2.07. The van der Waals surface area contributed by atoms with Gasteiger partial charge in [0.25, 0.3) is 0 Å². The Morgan fingerprint density at radius 3 is 2.45 bits per heavy atom. The first-order chi connectivity index (χ1) is 9.63. The summed E-state index contributed by atoms with van der Waals surface area (Å²) in [5, 5.41) is 5.04. The predicted octanol–water partition coefficient (Wildman–Crippen LogP) is 4.64. The zero-order chi connectivity index (χ0) is 14.1. The van der Waals surface area contributed by atoms with Crippen LogP contribution >= 0.6 is 11.6 Å². The van der Waals surface area contributed by atoms with E-state index >= 15 is 0 Å². The van der Waals surface area contributed by atoms with Crippen LogP contribution in [0.2, 0.25) is 5.02 Å². The molecule has 3 nitrogen and oxygen atoms in total. The van der Waals surface area contributed by atoms with E-state index < -0.39 is 0 Å². The lowest BCUT2D eigenvalue weighted by atomic mass is 10.2. The largest absolute Gasteiger partial charge is 0.354 e. The Morgan fingerprint density at radius 2 is 1.65 bits per heavy atom. The molecular formula is C16H14ClN3. The number of anilines is 2. The van der Waals surface area contributed by atoms with E-state index in [4.69, 9.17) is 11.6 Å². The highest BCUT2D eigenvalue weighted by Crippen LogP contribution is 2.29. The third kappa shape index (κ3) is 2.45. The van der Waals surface area contributed by atoms with Crippen LogP contribution in [0.5, 0.6) is 0 Å². The van der Waals surface area contributed by atoms with Crippen LogP contribution in [0.3, 0.4) is 0 Å². The van der Waals surface area contributed by atoms with E-state index in [2.05, 4.69) is 15.3 Å². The smallest absolute Gasteiger partial charge is 0.161 e. The van der Waals surface area contributed by atoms with Crippen molar-refractivity contribution >= 4 is 34.0 Å². The summed E-state index contributed by atoms with van der Waals surface area (Å²) >= 11 is 6.20. The van der Waals surface area contributed by atoms with Gasteiger partial charge in [-0.1, -0.05) is 23.7 Å². The minimum absolute atomic E-state index is 0.690. The van der Waals surface area contributed by atoms with Gasteiger partial charge in [0.15, 0.2) is 5.65 Å². The topological polar surface area (TPSA) is 37.8 Å². The molecule has 0 aliphatic rings. The molecule has 100 valence electrons. The average molecular weight is 284 g/mol. The van der Waals surface area contributed by atoms with Crippen LogP contribution in [0.25, 0.3) is 11.0 Å². The molecule has 0 aliphatic heterocycles. The number of benzene rings is 1. The van der Waals surface area contributed by atoms with Gasteiger partial charge in [0.2, 0.25) is 0 Å². The maximum absolute atomic E-state index is 6.20. The third-order valence-electron chi connectivity index (χ3n) is 3.08. The maximum Gasteiger partial charge on any atom is 0.161 e. The summed E-state index contributed by atoms with van der Waals surface area (Å²) in [4.78, 5) is 8.95. The van der Waals surface area contributed by atoms with Gasteiger partial charge in [0.05, 0.1) is 16.4 Å². The first kappa shape index (κ1) is 12.9. The number of rotatable bonds is 2. The van der Waals surface area contributed by atoms with Crippen molar-refractivity contribution in [1.29, 1.82) is 0 Å². The molecular weight excluding hydrogens is 270 g/mol. The summed E-state index contributed by atoms with van der Waals surface area (Å²) in [6.07, 6.45) is 0. The van der Waals surface area contributed by atoms with Gasteiger partial charge >= 0.3 is 0 Å². The molecule has 0 bridgehead atoms. The van der Waals surface area contributed by atoms with Gasteiger partial charge in [-0.15, -0.1) is 0 Å². The van der Waals surface area contributed by atoms with Crippen molar-refractivity contribution < 1.29 is 0 Å². The predicted molar refractivity (Wildman–Crippen MR) is 83.7 cm³/mol. The molecule has 0 fully saturated rings. The Morgan fingerprint density at radius 1 is 0.900 bits per heavy atom. The highest BCUT2D eigenvalue weighted by molar-refractivity contribution is 6.33. The first-order valence-corrected chi connectivity index (χ1v) is 6.78. The number of aryl methyl sites for hydroxylation is 2. The number of hydrogen-bond donors (Lipinski definition) is 1. The van der Waals surface area contributed by atoms with E-state index in [9.17, 15) is 0 Å². The summed E-state index contributed by atoms with van der Waals surface area (Å²) in [6.45, 7) is 3.92. The van der Waals surface area contributed by atoms with Crippen molar-refractivity contribution in [3.63, 3.8) is 0 Å². The average Bonchev–Trinajstić information content (AvgIpc) is 2.40. The second-order valence-corrected chi connectivity index (χ2v) is 5.15. The summed E-state index contributed by atoms with van der Waals surface area (Å²) in [7, 11) is 0. The summed E-state index contributed by atoms with van der Waals surface area (Å²) in [6, 6.07) is 13.7. The first-order valence-electron chi connectivity index (χ1n) is 6.40. The van der Waals surface area contributed by atoms with Crippen molar-refractivity contribution in [1.82, 2.24) is 9.97 Å². The van der Waals surface area contributed by atoms with E-state index in [0.717, 1.165) is 33.8 Å². The lowest BCUT2D eigenvalue weighted by Crippen LogP contribution is -1.97. The molecule has 20 heavy (non-hydrogen) atoms. The SMILES string of the molecule is Cc1ccc2c(Nc3ccccc3Cl)cc(C)nc2n1. The van der Waals surface area contributed by atoms with Crippen LogP contribution < -0.4 is 5.32 Å². The molecule has 0 amide bonds. The number of fused-ring (bicyclic) bond motifs is 1. The molecule has 3 aromatic rings. The Labute approximate surface area is 122 Å². The van der Waals surface area contributed by atoms with Crippen LogP contribution in [0.15, 0.2) is 42.5 Å². The van der Waals surface area contributed by atoms with Gasteiger partial charge in [-0.05, 0) is 44.2 Å². The third-order valence-corrected chi connectivity index (χ3v) is 3.41. The molecule has 0 radical (unpaired) electrons. The molecule has 3 rings (SSSR count). The second-order valence-electron chi connectivity index (χ2n) is 4.74. The molecule has 0 saturated carbocycles. The van der Waals surface area contributed by atoms with Gasteiger partial charge in [-0.25, -0.2) is 9.97 Å². The van der Waals surface area contributed by atoms with Crippen molar-refractivity contribution in [3.05, 3.63) is 58.9 Å². The second kappa shape index (κ2) is 5.10. The fourth-order valence-electron chi connectivity index (χ4n) is 2.14. The highest BCUT2D eigenvalue weighted by atomic mass is 35.5. The number of hydrogen-bond acceptors (Lipinski definition) is 3. The van der Waals surface area contributed by atoms with E-state index in [-0.39, 0.29) is 0 Å². The number of nitrogens with zero attached hydrogens (tertiary/aromatic N) is 2. The standard InChI is InChI=1S/C16H14ClN3/c1-10-7-8-12-15(9-11(2)19-16(12)18-10)20-14-6-4-3-5-13(14)17/h3-9H,1-2H3,(H,18,19,20). The monoisotopic (exact) mass is 283 g/mol. The van der Waals surface area contributed by atoms with Gasteiger partial charge in [0, 0.05) is 16.8 Å². The van der Waals surface area contributed by atoms with Crippen LogP contribution in [-0.4, -0.2) is 9.97 Å². The Hall–Kier alpha value is -2.13. The number of aromatic nitrogens is 2. The molecule has 0 atom stereocenters. The molecule has 0 aliphatic carbocycles. The van der Waals surface area contributed by atoms with Crippen molar-refractivity contribution in [2.45, 2.75) is 13.8 Å². The Balaban J connectivity index is 2.14. The fourth-order valence-corrected chi connectivity index (χ4v) is 2.32. The molecule has 0 unspecified atom stereocenters. The minimum atomic E-state index is 0.690. The molecule has 1 aromatic carbocycles. The number of para-hydroxylation sites is 1. The number of halogens is 1. The van der Waals surface area contributed by atoms with Gasteiger partial charge in [-0.2, -0.15) is 0 Å². The van der Waals surface area contributed by atoms with Crippen LogP contribution in [0, 0.1) is 13.8 Å². The summed E-state index contributed by atoms with van der Waals surface area (Å²) in [5.41, 5.74) is 4.47. The molecule has 0 spiro atoms. The van der Waals surface area contributed by atoms with Crippen LogP contribution in [0.4, 0.5) is 11.4 Å². The fraction of sp³-hybridized carbons (Fsp3) is 0.125. The van der Waals surface area contributed by atoms with Gasteiger partial charge in [-0.3, -0.25) is 0 Å². The number of nitrogens with one attached hydrogen (secondary N) is 1. The van der Waals surface area contributed by atoms with Crippen molar-refractivity contribution in [3.8, 4) is 0 Å². The molecule has 1 N–H and O–H groups in total. The van der Waals surface area contributed by atoms with E-state index in [1.807, 2.05) is 56.3 Å². The Kier molecular flexibility index (Phi) is 3.28. The van der Waals surface area contributed by atoms with E-state index in [1.54, 1.807) is 0 Å². The Bertz CT molecular complexity index is 779.